The van der Waals surface area contributed by atoms with Crippen LogP contribution in [-0.4, -0.2) is 39.5 Å². The number of likely N-dealkylation sites (N-methyl/N-ethyl adjacent to an activating group) is 1. The van der Waals surface area contributed by atoms with Crippen molar-refractivity contribution in [3.8, 4) is 0 Å². The van der Waals surface area contributed by atoms with Gasteiger partial charge in [-0.3, -0.25) is 4.90 Å². The third-order valence-corrected chi connectivity index (χ3v) is 4.83. The number of hydrogen-bond acceptors (Lipinski definition) is 2. The van der Waals surface area contributed by atoms with E-state index in [1.165, 1.54) is 24.9 Å². The highest BCUT2D eigenvalue weighted by Gasteiger charge is 2.25. The zero-order chi connectivity index (χ0) is 14.8. The highest BCUT2D eigenvalue weighted by molar-refractivity contribution is 6.31. The van der Waals surface area contributed by atoms with Crippen LogP contribution in [-0.2, 0) is 13.0 Å². The Labute approximate surface area is 135 Å². The van der Waals surface area contributed by atoms with E-state index in [0.717, 1.165) is 35.9 Å². The highest BCUT2D eigenvalue weighted by Crippen LogP contribution is 2.25. The number of aromatic nitrogens is 2. The number of benzene rings is 1. The average molecular weight is 326 g/mol. The molecule has 1 aromatic carbocycles. The maximum atomic E-state index is 6.09. The Morgan fingerprint density at radius 1 is 1.38 bits per heavy atom. The lowest BCUT2D eigenvalue weighted by Gasteiger charge is -2.24. The summed E-state index contributed by atoms with van der Waals surface area (Å²) in [5.74, 6) is 1.67. The van der Waals surface area contributed by atoms with E-state index in [-0.39, 0.29) is 0 Å². The lowest BCUT2D eigenvalue weighted by molar-refractivity contribution is 0.244. The normalized spacial score (nSPS) is 19.7. The van der Waals surface area contributed by atoms with Gasteiger partial charge in [0.25, 0.3) is 0 Å². The maximum absolute atomic E-state index is 6.09. The van der Waals surface area contributed by atoms with Gasteiger partial charge in [0.15, 0.2) is 0 Å². The van der Waals surface area contributed by atoms with Gasteiger partial charge in [0, 0.05) is 29.9 Å². The zero-order valence-corrected chi connectivity index (χ0v) is 13.9. The molecule has 1 atom stereocenters. The summed E-state index contributed by atoms with van der Waals surface area (Å²) in [4.78, 5) is 7.29. The molecule has 0 spiro atoms. The summed E-state index contributed by atoms with van der Waals surface area (Å²) in [7, 11) is 0. The molecule has 0 N–H and O–H groups in total. The first kappa shape index (κ1) is 15.1. The number of aryl methyl sites for hydroxylation is 1. The molecule has 0 saturated carbocycles. The molecule has 1 fully saturated rings. The Morgan fingerprint density at radius 3 is 3.00 bits per heavy atom. The van der Waals surface area contributed by atoms with Crippen LogP contribution in [0.25, 0.3) is 11.0 Å². The van der Waals surface area contributed by atoms with E-state index in [1.54, 1.807) is 0 Å². The van der Waals surface area contributed by atoms with E-state index in [1.807, 2.05) is 12.1 Å². The molecule has 21 heavy (non-hydrogen) atoms. The summed E-state index contributed by atoms with van der Waals surface area (Å²) in [6.45, 7) is 5.57. The molecule has 3 nitrogen and oxygen atoms in total. The number of alkyl halides is 1. The van der Waals surface area contributed by atoms with Gasteiger partial charge in [0.2, 0.25) is 0 Å². The largest absolute Gasteiger partial charge is 0.326 e. The number of halogens is 2. The van der Waals surface area contributed by atoms with Crippen LogP contribution in [0.3, 0.4) is 0 Å². The minimum absolute atomic E-state index is 0.596. The van der Waals surface area contributed by atoms with Crippen LogP contribution in [0.4, 0.5) is 0 Å². The van der Waals surface area contributed by atoms with Crippen LogP contribution in [0.2, 0.25) is 5.02 Å². The van der Waals surface area contributed by atoms with Gasteiger partial charge in [-0.25, -0.2) is 4.98 Å². The molecule has 0 amide bonds. The van der Waals surface area contributed by atoms with Crippen LogP contribution >= 0.6 is 23.2 Å². The molecule has 1 aromatic heterocycles. The van der Waals surface area contributed by atoms with Crippen molar-refractivity contribution in [2.75, 3.05) is 19.0 Å². The topological polar surface area (TPSA) is 21.1 Å². The van der Waals surface area contributed by atoms with Crippen molar-refractivity contribution >= 4 is 34.2 Å². The fraction of sp³-hybridized carbons (Fsp3) is 0.562. The SMILES string of the molecule is CCN1CCCC1Cn1c(CCCl)nc2cc(Cl)ccc21. The molecular formula is C16H21Cl2N3. The van der Waals surface area contributed by atoms with Crippen molar-refractivity contribution in [2.24, 2.45) is 0 Å². The van der Waals surface area contributed by atoms with Gasteiger partial charge < -0.3 is 4.57 Å². The number of fused-ring (bicyclic) bond motifs is 1. The van der Waals surface area contributed by atoms with E-state index < -0.39 is 0 Å². The van der Waals surface area contributed by atoms with Crippen LogP contribution in [0.15, 0.2) is 18.2 Å². The molecule has 0 aliphatic carbocycles. The minimum Gasteiger partial charge on any atom is -0.326 e. The fourth-order valence-corrected chi connectivity index (χ4v) is 3.70. The number of likely N-dealkylation sites (tertiary alicyclic amines) is 1. The monoisotopic (exact) mass is 325 g/mol. The molecule has 1 aliphatic heterocycles. The molecule has 0 bridgehead atoms. The third-order valence-electron chi connectivity index (χ3n) is 4.41. The number of hydrogen-bond donors (Lipinski definition) is 0. The van der Waals surface area contributed by atoms with Gasteiger partial charge in [0.1, 0.15) is 5.82 Å². The fourth-order valence-electron chi connectivity index (χ4n) is 3.36. The van der Waals surface area contributed by atoms with Crippen LogP contribution in [0.5, 0.6) is 0 Å². The molecule has 1 aliphatic rings. The average Bonchev–Trinajstić information content (AvgIpc) is 3.04. The Balaban J connectivity index is 1.96. The second kappa shape index (κ2) is 6.55. The van der Waals surface area contributed by atoms with Gasteiger partial charge >= 0.3 is 0 Å². The van der Waals surface area contributed by atoms with E-state index in [4.69, 9.17) is 28.2 Å². The first-order chi connectivity index (χ1) is 10.2. The first-order valence-electron chi connectivity index (χ1n) is 7.67. The maximum Gasteiger partial charge on any atom is 0.111 e. The van der Waals surface area contributed by atoms with Crippen molar-refractivity contribution in [1.82, 2.24) is 14.5 Å². The standard InChI is InChI=1S/C16H21Cl2N3/c1-2-20-9-3-4-13(20)11-21-15-6-5-12(18)10-14(15)19-16(21)7-8-17/h5-6,10,13H,2-4,7-9,11H2,1H3. The van der Waals surface area contributed by atoms with E-state index in [0.29, 0.717) is 11.9 Å². The zero-order valence-electron chi connectivity index (χ0n) is 12.4. The smallest absolute Gasteiger partial charge is 0.111 e. The van der Waals surface area contributed by atoms with E-state index >= 15 is 0 Å². The number of nitrogens with zero attached hydrogens (tertiary/aromatic N) is 3. The summed E-state index contributed by atoms with van der Waals surface area (Å²) in [6.07, 6.45) is 3.36. The van der Waals surface area contributed by atoms with E-state index in [2.05, 4.69) is 22.5 Å². The minimum atomic E-state index is 0.596. The van der Waals surface area contributed by atoms with Crippen molar-refractivity contribution in [3.05, 3.63) is 29.0 Å². The Hall–Kier alpha value is -0.770. The molecule has 1 unspecified atom stereocenters. The summed E-state index contributed by atoms with van der Waals surface area (Å²) in [5.41, 5.74) is 2.14. The molecular weight excluding hydrogens is 305 g/mol. The lowest BCUT2D eigenvalue weighted by Crippen LogP contribution is -2.33. The molecule has 2 heterocycles. The Morgan fingerprint density at radius 2 is 2.24 bits per heavy atom. The van der Waals surface area contributed by atoms with Gasteiger partial charge in [-0.15, -0.1) is 11.6 Å². The summed E-state index contributed by atoms with van der Waals surface area (Å²) in [5, 5.41) is 0.737. The van der Waals surface area contributed by atoms with Crippen LogP contribution < -0.4 is 0 Å². The summed E-state index contributed by atoms with van der Waals surface area (Å²) in [6, 6.07) is 6.57. The second-order valence-electron chi connectivity index (χ2n) is 5.64. The third kappa shape index (κ3) is 3.05. The quantitative estimate of drug-likeness (QED) is 0.776. The van der Waals surface area contributed by atoms with Crippen molar-refractivity contribution < 1.29 is 0 Å². The van der Waals surface area contributed by atoms with Crippen LogP contribution in [0.1, 0.15) is 25.6 Å². The Kier molecular flexibility index (Phi) is 4.72. The van der Waals surface area contributed by atoms with Crippen LogP contribution in [0, 0.1) is 0 Å². The number of imidazole rings is 1. The predicted octanol–water partition coefficient (Wildman–Crippen LogP) is 3.96. The first-order valence-corrected chi connectivity index (χ1v) is 8.59. The van der Waals surface area contributed by atoms with Gasteiger partial charge in [-0.1, -0.05) is 18.5 Å². The van der Waals surface area contributed by atoms with Gasteiger partial charge in [-0.05, 0) is 44.1 Å². The summed E-state index contributed by atoms with van der Waals surface area (Å²) >= 11 is 12.0. The molecule has 2 aromatic rings. The molecule has 0 radical (unpaired) electrons. The summed E-state index contributed by atoms with van der Waals surface area (Å²) < 4.78 is 2.34. The highest BCUT2D eigenvalue weighted by atomic mass is 35.5. The van der Waals surface area contributed by atoms with E-state index in [9.17, 15) is 0 Å². The van der Waals surface area contributed by atoms with Crippen molar-refractivity contribution in [1.29, 1.82) is 0 Å². The molecule has 3 rings (SSSR count). The van der Waals surface area contributed by atoms with Crippen molar-refractivity contribution in [3.63, 3.8) is 0 Å². The Bertz CT molecular complexity index is 623. The lowest BCUT2D eigenvalue weighted by atomic mass is 10.2. The molecule has 1 saturated heterocycles. The molecule has 114 valence electrons. The van der Waals surface area contributed by atoms with Crippen molar-refractivity contribution in [2.45, 2.75) is 38.8 Å². The molecule has 5 heteroatoms. The number of rotatable bonds is 5. The van der Waals surface area contributed by atoms with Gasteiger partial charge in [-0.2, -0.15) is 0 Å². The predicted molar refractivity (Wildman–Crippen MR) is 89.4 cm³/mol. The second-order valence-corrected chi connectivity index (χ2v) is 6.45. The van der Waals surface area contributed by atoms with Gasteiger partial charge in [0.05, 0.1) is 11.0 Å².